The first-order valence-corrected chi connectivity index (χ1v) is 9.36. The number of benzene rings is 2. The Kier molecular flexibility index (Phi) is 6.43. The van der Waals surface area contributed by atoms with E-state index in [0.29, 0.717) is 0 Å². The average molecular weight is 478 g/mol. The van der Waals surface area contributed by atoms with Crippen LogP contribution in [0.1, 0.15) is 11.1 Å². The van der Waals surface area contributed by atoms with Gasteiger partial charge in [-0.25, -0.2) is 0 Å². The summed E-state index contributed by atoms with van der Waals surface area (Å²) in [5, 5.41) is 0. The van der Waals surface area contributed by atoms with Crippen molar-refractivity contribution in [3.8, 4) is 11.5 Å². The number of hydrogen-bond donors (Lipinski definition) is 0. The van der Waals surface area contributed by atoms with Crippen molar-refractivity contribution in [2.45, 2.75) is 12.8 Å². The second-order valence-electron chi connectivity index (χ2n) is 4.20. The summed E-state index contributed by atoms with van der Waals surface area (Å²) < 4.78 is 8.35. The first kappa shape index (κ1) is 15.1. The number of hydrogen-bond acceptors (Lipinski definition) is 1. The summed E-state index contributed by atoms with van der Waals surface area (Å²) in [7, 11) is 0. The molecule has 2 rings (SSSR count). The van der Waals surface area contributed by atoms with Crippen molar-refractivity contribution in [2.75, 3.05) is 8.86 Å². The number of para-hydroxylation sites is 2. The van der Waals surface area contributed by atoms with Gasteiger partial charge in [0.25, 0.3) is 0 Å². The molecule has 0 unspecified atom stereocenters. The van der Waals surface area contributed by atoms with Gasteiger partial charge >= 0.3 is 0 Å². The van der Waals surface area contributed by atoms with Crippen LogP contribution >= 0.6 is 45.2 Å². The molecule has 0 aromatic heterocycles. The van der Waals surface area contributed by atoms with Gasteiger partial charge < -0.3 is 4.74 Å². The van der Waals surface area contributed by atoms with Crippen molar-refractivity contribution in [3.63, 3.8) is 0 Å². The SMILES string of the molecule is ICCc1ccccc1Oc1ccccc1CCI. The second-order valence-corrected chi connectivity index (χ2v) is 6.35. The highest BCUT2D eigenvalue weighted by molar-refractivity contribution is 14.1. The Labute approximate surface area is 142 Å². The molecule has 0 aliphatic rings. The Hall–Kier alpha value is -0.300. The lowest BCUT2D eigenvalue weighted by atomic mass is 10.1. The van der Waals surface area contributed by atoms with Crippen LogP contribution in [0.4, 0.5) is 0 Å². The Morgan fingerprint density at radius 1 is 0.684 bits per heavy atom. The van der Waals surface area contributed by atoms with Crippen molar-refractivity contribution in [1.29, 1.82) is 0 Å². The van der Waals surface area contributed by atoms with E-state index in [-0.39, 0.29) is 0 Å². The van der Waals surface area contributed by atoms with Gasteiger partial charge in [0, 0.05) is 8.86 Å². The van der Waals surface area contributed by atoms with E-state index in [1.165, 1.54) is 11.1 Å². The zero-order chi connectivity index (χ0) is 13.5. The van der Waals surface area contributed by atoms with Crippen molar-refractivity contribution in [3.05, 3.63) is 59.7 Å². The third-order valence-corrected chi connectivity index (χ3v) is 3.97. The number of ether oxygens (including phenoxy) is 1. The minimum atomic E-state index is 0.986. The summed E-state index contributed by atoms with van der Waals surface area (Å²) in [5.74, 6) is 1.97. The fourth-order valence-electron chi connectivity index (χ4n) is 1.94. The van der Waals surface area contributed by atoms with E-state index >= 15 is 0 Å². The minimum Gasteiger partial charge on any atom is -0.457 e. The molecular weight excluding hydrogens is 462 g/mol. The maximum Gasteiger partial charge on any atom is 0.130 e. The summed E-state index contributed by atoms with van der Waals surface area (Å²) >= 11 is 4.80. The van der Waals surface area contributed by atoms with Crippen molar-refractivity contribution < 1.29 is 4.74 Å². The van der Waals surface area contributed by atoms with Gasteiger partial charge in [-0.2, -0.15) is 0 Å². The van der Waals surface area contributed by atoms with Gasteiger partial charge in [-0.15, -0.1) is 0 Å². The quantitative estimate of drug-likeness (QED) is 0.398. The third-order valence-electron chi connectivity index (χ3n) is 2.89. The van der Waals surface area contributed by atoms with Gasteiger partial charge in [-0.05, 0) is 36.1 Å². The molecule has 0 fully saturated rings. The highest BCUT2D eigenvalue weighted by Crippen LogP contribution is 2.29. The largest absolute Gasteiger partial charge is 0.457 e. The Balaban J connectivity index is 2.25. The first-order valence-electron chi connectivity index (χ1n) is 6.30. The highest BCUT2D eigenvalue weighted by atomic mass is 127. The monoisotopic (exact) mass is 478 g/mol. The molecule has 2 aromatic rings. The predicted octanol–water partition coefficient (Wildman–Crippen LogP) is 5.43. The van der Waals surface area contributed by atoms with E-state index in [1.807, 2.05) is 12.1 Å². The summed E-state index contributed by atoms with van der Waals surface area (Å²) in [6.07, 6.45) is 2.09. The molecule has 0 radical (unpaired) electrons. The molecular formula is C16H16I2O. The van der Waals surface area contributed by atoms with Crippen LogP contribution in [-0.2, 0) is 12.8 Å². The van der Waals surface area contributed by atoms with E-state index in [2.05, 4.69) is 81.6 Å². The average Bonchev–Trinajstić information content (AvgIpc) is 2.44. The lowest BCUT2D eigenvalue weighted by Crippen LogP contribution is -1.96. The van der Waals surface area contributed by atoms with Crippen LogP contribution in [0.5, 0.6) is 11.5 Å². The minimum absolute atomic E-state index is 0.986. The maximum atomic E-state index is 6.14. The van der Waals surface area contributed by atoms with Crippen molar-refractivity contribution >= 4 is 45.2 Å². The number of aryl methyl sites for hydroxylation is 2. The van der Waals surface area contributed by atoms with Crippen LogP contribution in [0.3, 0.4) is 0 Å². The first-order chi connectivity index (χ1) is 9.35. The molecule has 2 aromatic carbocycles. The fourth-order valence-corrected chi connectivity index (χ4v) is 3.10. The molecule has 100 valence electrons. The summed E-state index contributed by atoms with van der Waals surface area (Å²) in [6, 6.07) is 16.6. The van der Waals surface area contributed by atoms with E-state index < -0.39 is 0 Å². The summed E-state index contributed by atoms with van der Waals surface area (Å²) in [5.41, 5.74) is 2.56. The molecule has 0 saturated heterocycles. The van der Waals surface area contributed by atoms with Crippen LogP contribution in [0.15, 0.2) is 48.5 Å². The Morgan fingerprint density at radius 3 is 1.53 bits per heavy atom. The molecule has 0 aliphatic carbocycles. The van der Waals surface area contributed by atoms with Gasteiger partial charge in [0.05, 0.1) is 0 Å². The van der Waals surface area contributed by atoms with Crippen LogP contribution < -0.4 is 4.74 Å². The maximum absolute atomic E-state index is 6.14. The van der Waals surface area contributed by atoms with Gasteiger partial charge in [0.2, 0.25) is 0 Å². The molecule has 3 heteroatoms. The van der Waals surface area contributed by atoms with E-state index in [9.17, 15) is 0 Å². The zero-order valence-corrected chi connectivity index (χ0v) is 14.9. The predicted molar refractivity (Wildman–Crippen MR) is 98.1 cm³/mol. The number of rotatable bonds is 6. The van der Waals surface area contributed by atoms with Crippen LogP contribution in [-0.4, -0.2) is 8.86 Å². The molecule has 0 saturated carbocycles. The van der Waals surface area contributed by atoms with Gasteiger partial charge in [0.15, 0.2) is 0 Å². The van der Waals surface area contributed by atoms with E-state index in [4.69, 9.17) is 4.74 Å². The molecule has 0 atom stereocenters. The molecule has 19 heavy (non-hydrogen) atoms. The third kappa shape index (κ3) is 4.34. The van der Waals surface area contributed by atoms with E-state index in [0.717, 1.165) is 33.2 Å². The zero-order valence-electron chi connectivity index (χ0n) is 10.6. The Morgan fingerprint density at radius 2 is 1.11 bits per heavy atom. The molecule has 0 spiro atoms. The standard InChI is InChI=1S/C16H16I2O/c17-11-9-13-5-1-3-7-15(13)19-16-8-4-2-6-14(16)10-12-18/h1-8H,9-12H2. The lowest BCUT2D eigenvalue weighted by Gasteiger charge is -2.13. The van der Waals surface area contributed by atoms with Crippen LogP contribution in [0, 0.1) is 0 Å². The summed E-state index contributed by atoms with van der Waals surface area (Å²) in [6.45, 7) is 0. The molecule has 1 nitrogen and oxygen atoms in total. The molecule has 0 amide bonds. The van der Waals surface area contributed by atoms with Crippen LogP contribution in [0.2, 0.25) is 0 Å². The van der Waals surface area contributed by atoms with Crippen LogP contribution in [0.25, 0.3) is 0 Å². The molecule has 0 heterocycles. The summed E-state index contributed by atoms with van der Waals surface area (Å²) in [4.78, 5) is 0. The molecule has 0 N–H and O–H groups in total. The second kappa shape index (κ2) is 8.09. The lowest BCUT2D eigenvalue weighted by molar-refractivity contribution is 0.471. The Bertz CT molecular complexity index is 478. The van der Waals surface area contributed by atoms with Gasteiger partial charge in [0.1, 0.15) is 11.5 Å². The van der Waals surface area contributed by atoms with Gasteiger partial charge in [-0.3, -0.25) is 0 Å². The molecule has 0 bridgehead atoms. The van der Waals surface area contributed by atoms with Crippen molar-refractivity contribution in [2.24, 2.45) is 0 Å². The normalized spacial score (nSPS) is 10.4. The fraction of sp³-hybridized carbons (Fsp3) is 0.250. The smallest absolute Gasteiger partial charge is 0.130 e. The number of halogens is 2. The van der Waals surface area contributed by atoms with Gasteiger partial charge in [-0.1, -0.05) is 81.6 Å². The number of alkyl halides is 2. The topological polar surface area (TPSA) is 9.23 Å². The molecule has 0 aliphatic heterocycles. The van der Waals surface area contributed by atoms with Crippen molar-refractivity contribution in [1.82, 2.24) is 0 Å². The van der Waals surface area contributed by atoms with E-state index in [1.54, 1.807) is 0 Å². The highest BCUT2D eigenvalue weighted by Gasteiger charge is 2.07.